The summed E-state index contributed by atoms with van der Waals surface area (Å²) >= 11 is 0. The molecule has 9 heteroatoms. The van der Waals surface area contributed by atoms with Crippen molar-refractivity contribution in [3.63, 3.8) is 0 Å². The third-order valence-corrected chi connectivity index (χ3v) is 6.54. The first-order valence-electron chi connectivity index (χ1n) is 7.29. The molecular weight excluding hydrogens is 340 g/mol. The van der Waals surface area contributed by atoms with Gasteiger partial charge in [0.1, 0.15) is 10.6 Å². The highest BCUT2D eigenvalue weighted by Crippen LogP contribution is 2.27. The van der Waals surface area contributed by atoms with Crippen molar-refractivity contribution >= 4 is 19.9 Å². The average molecular weight is 362 g/mol. The molecule has 0 radical (unpaired) electrons. The molecule has 1 aromatic carbocycles. The Kier molecular flexibility index (Phi) is 5.34. The predicted molar refractivity (Wildman–Crippen MR) is 86.9 cm³/mol. The van der Waals surface area contributed by atoms with Gasteiger partial charge in [-0.25, -0.2) is 21.6 Å². The number of methoxy groups -OCH3 is 1. The lowest BCUT2D eigenvalue weighted by Crippen LogP contribution is -2.51. The Balaban J connectivity index is 2.41. The van der Waals surface area contributed by atoms with Gasteiger partial charge < -0.3 is 10.1 Å². The van der Waals surface area contributed by atoms with E-state index >= 15 is 0 Å². The molecule has 0 amide bonds. The highest BCUT2D eigenvalue weighted by molar-refractivity contribution is 7.91. The zero-order valence-electron chi connectivity index (χ0n) is 13.4. The number of sulfonamides is 1. The molecule has 1 fully saturated rings. The van der Waals surface area contributed by atoms with Gasteiger partial charge in [-0.05, 0) is 44.5 Å². The summed E-state index contributed by atoms with van der Waals surface area (Å²) in [4.78, 5) is -0.228. The molecule has 130 valence electrons. The van der Waals surface area contributed by atoms with Crippen LogP contribution in [0, 0.1) is 0 Å². The molecule has 7 nitrogen and oxygen atoms in total. The van der Waals surface area contributed by atoms with Crippen LogP contribution >= 0.6 is 0 Å². The third kappa shape index (κ3) is 4.23. The Morgan fingerprint density at radius 2 is 1.96 bits per heavy atom. The lowest BCUT2D eigenvalue weighted by molar-refractivity contribution is 0.347. The fourth-order valence-electron chi connectivity index (χ4n) is 2.57. The van der Waals surface area contributed by atoms with Crippen LogP contribution in [0.4, 0.5) is 0 Å². The molecular formula is C14H22N2O5S2. The van der Waals surface area contributed by atoms with E-state index in [1.54, 1.807) is 0 Å². The van der Waals surface area contributed by atoms with Crippen LogP contribution in [0.3, 0.4) is 0 Å². The van der Waals surface area contributed by atoms with Crippen LogP contribution < -0.4 is 14.8 Å². The van der Waals surface area contributed by atoms with Crippen molar-refractivity contribution in [2.24, 2.45) is 0 Å². The molecule has 1 aromatic rings. The van der Waals surface area contributed by atoms with Gasteiger partial charge in [-0.3, -0.25) is 0 Å². The van der Waals surface area contributed by atoms with E-state index in [-0.39, 0.29) is 27.6 Å². The van der Waals surface area contributed by atoms with Crippen LogP contribution in [0.5, 0.6) is 5.75 Å². The zero-order valence-corrected chi connectivity index (χ0v) is 15.0. The van der Waals surface area contributed by atoms with Crippen LogP contribution in [0.15, 0.2) is 28.0 Å². The fraction of sp³-hybridized carbons (Fsp3) is 0.571. The van der Waals surface area contributed by atoms with Crippen molar-refractivity contribution in [1.82, 2.24) is 10.0 Å². The Bertz CT molecular complexity index is 774. The van der Waals surface area contributed by atoms with E-state index in [9.17, 15) is 16.8 Å². The molecule has 2 rings (SSSR count). The summed E-state index contributed by atoms with van der Waals surface area (Å²) in [5.74, 6) is 0.112. The minimum atomic E-state index is -3.90. The van der Waals surface area contributed by atoms with Crippen LogP contribution in [-0.2, 0) is 19.9 Å². The smallest absolute Gasteiger partial charge is 0.244 e. The van der Waals surface area contributed by atoms with E-state index < -0.39 is 19.9 Å². The van der Waals surface area contributed by atoms with Gasteiger partial charge in [-0.2, -0.15) is 0 Å². The summed E-state index contributed by atoms with van der Waals surface area (Å²) in [7, 11) is -6.07. The van der Waals surface area contributed by atoms with E-state index in [4.69, 9.17) is 4.74 Å². The summed E-state index contributed by atoms with van der Waals surface area (Å²) < 4.78 is 56.5. The van der Waals surface area contributed by atoms with Crippen molar-refractivity contribution in [3.05, 3.63) is 18.2 Å². The van der Waals surface area contributed by atoms with Gasteiger partial charge in [0.2, 0.25) is 10.0 Å². The molecule has 0 saturated carbocycles. The van der Waals surface area contributed by atoms with Gasteiger partial charge in [0, 0.05) is 18.3 Å². The molecule has 2 N–H and O–H groups in total. The Labute approximate surface area is 137 Å². The third-order valence-electron chi connectivity index (χ3n) is 3.92. The maximum atomic E-state index is 12.7. The fourth-order valence-corrected chi connectivity index (χ4v) is 4.83. The molecule has 0 bridgehead atoms. The van der Waals surface area contributed by atoms with Crippen molar-refractivity contribution in [2.75, 3.05) is 19.9 Å². The number of sulfone groups is 1. The first-order chi connectivity index (χ1) is 10.6. The molecule has 1 aliphatic rings. The minimum Gasteiger partial charge on any atom is -0.495 e. The van der Waals surface area contributed by atoms with Gasteiger partial charge in [0.05, 0.1) is 12.0 Å². The van der Waals surface area contributed by atoms with Gasteiger partial charge in [0.15, 0.2) is 9.84 Å². The Morgan fingerprint density at radius 3 is 2.52 bits per heavy atom. The maximum Gasteiger partial charge on any atom is 0.244 e. The Hall–Kier alpha value is -1.16. The van der Waals surface area contributed by atoms with E-state index in [1.165, 1.54) is 19.2 Å². The highest BCUT2D eigenvalue weighted by Gasteiger charge is 2.29. The maximum absolute atomic E-state index is 12.7. The summed E-state index contributed by atoms with van der Waals surface area (Å²) in [5.41, 5.74) is 0. The predicted octanol–water partition coefficient (Wildman–Crippen LogP) is 0.517. The summed E-state index contributed by atoms with van der Waals surface area (Å²) in [5, 5.41) is 3.22. The number of benzene rings is 1. The van der Waals surface area contributed by atoms with Crippen molar-refractivity contribution in [3.8, 4) is 5.75 Å². The van der Waals surface area contributed by atoms with Crippen LogP contribution in [0.2, 0.25) is 0 Å². The Morgan fingerprint density at radius 1 is 1.26 bits per heavy atom. The normalized spacial score (nSPS) is 22.7. The molecule has 2 atom stereocenters. The zero-order chi connectivity index (χ0) is 17.3. The highest BCUT2D eigenvalue weighted by atomic mass is 32.2. The van der Waals surface area contributed by atoms with Crippen molar-refractivity contribution < 1.29 is 21.6 Å². The standard InChI is InChI=1S/C14H22N2O5S2/c1-10-12(5-4-8-15-10)16-23(19,20)14-9-11(22(3,17)18)6-7-13(14)21-2/h6-7,9-10,12,15-16H,4-5,8H2,1-3H3. The molecule has 0 spiro atoms. The number of piperidine rings is 1. The number of nitrogens with one attached hydrogen (secondary N) is 2. The molecule has 1 saturated heterocycles. The SMILES string of the molecule is COc1ccc(S(C)(=O)=O)cc1S(=O)(=O)NC1CCCNC1C. The minimum absolute atomic E-state index is 0.00242. The second-order valence-electron chi connectivity index (χ2n) is 5.70. The lowest BCUT2D eigenvalue weighted by Gasteiger charge is -2.30. The molecule has 1 heterocycles. The van der Waals surface area contributed by atoms with Gasteiger partial charge in [0.25, 0.3) is 0 Å². The molecule has 23 heavy (non-hydrogen) atoms. The first kappa shape index (κ1) is 18.2. The quantitative estimate of drug-likeness (QED) is 0.792. The summed E-state index contributed by atoms with van der Waals surface area (Å²) in [6, 6.07) is 3.58. The molecule has 2 unspecified atom stereocenters. The topological polar surface area (TPSA) is 102 Å². The van der Waals surface area contributed by atoms with Crippen LogP contribution in [-0.4, -0.2) is 48.8 Å². The van der Waals surface area contributed by atoms with Crippen molar-refractivity contribution in [2.45, 2.75) is 41.6 Å². The summed E-state index contributed by atoms with van der Waals surface area (Å²) in [6.45, 7) is 2.77. The van der Waals surface area contributed by atoms with E-state index in [0.717, 1.165) is 31.7 Å². The average Bonchev–Trinajstić information content (AvgIpc) is 2.48. The van der Waals surface area contributed by atoms with Crippen LogP contribution in [0.25, 0.3) is 0 Å². The van der Waals surface area contributed by atoms with Crippen LogP contribution in [0.1, 0.15) is 19.8 Å². The number of hydrogen-bond donors (Lipinski definition) is 2. The van der Waals surface area contributed by atoms with Gasteiger partial charge in [-0.1, -0.05) is 0 Å². The number of rotatable bonds is 5. The van der Waals surface area contributed by atoms with E-state index in [0.29, 0.717) is 0 Å². The lowest BCUT2D eigenvalue weighted by atomic mass is 10.0. The molecule has 0 aliphatic carbocycles. The van der Waals surface area contributed by atoms with Crippen molar-refractivity contribution in [1.29, 1.82) is 0 Å². The monoisotopic (exact) mass is 362 g/mol. The second kappa shape index (κ2) is 6.76. The van der Waals surface area contributed by atoms with Gasteiger partial charge >= 0.3 is 0 Å². The second-order valence-corrected chi connectivity index (χ2v) is 9.40. The summed E-state index contributed by atoms with van der Waals surface area (Å²) in [6.07, 6.45) is 2.63. The number of ether oxygens (including phenoxy) is 1. The number of hydrogen-bond acceptors (Lipinski definition) is 6. The largest absolute Gasteiger partial charge is 0.495 e. The molecule has 1 aliphatic heterocycles. The van der Waals surface area contributed by atoms with Gasteiger partial charge in [-0.15, -0.1) is 0 Å². The van der Waals surface area contributed by atoms with E-state index in [2.05, 4.69) is 10.0 Å². The molecule has 0 aromatic heterocycles. The first-order valence-corrected chi connectivity index (χ1v) is 10.7. The van der Waals surface area contributed by atoms with E-state index in [1.807, 2.05) is 6.92 Å².